The highest BCUT2D eigenvalue weighted by Gasteiger charge is 2.16. The van der Waals surface area contributed by atoms with Crippen molar-refractivity contribution in [1.82, 2.24) is 14.7 Å². The Kier molecular flexibility index (Phi) is 6.24. The van der Waals surface area contributed by atoms with E-state index in [1.54, 1.807) is 16.9 Å². The fraction of sp³-hybridized carbons (Fsp3) is 0.235. The molecule has 0 atom stereocenters. The summed E-state index contributed by atoms with van der Waals surface area (Å²) in [7, 11) is -2.30. The Bertz CT molecular complexity index is 959. The summed E-state index contributed by atoms with van der Waals surface area (Å²) in [6.45, 7) is 3.94. The lowest BCUT2D eigenvalue weighted by Crippen LogP contribution is -2.34. The Labute approximate surface area is 157 Å². The molecule has 1 aromatic carbocycles. The van der Waals surface area contributed by atoms with Gasteiger partial charge >= 0.3 is 0 Å². The molecule has 0 saturated carbocycles. The van der Waals surface area contributed by atoms with Crippen molar-refractivity contribution < 1.29 is 17.6 Å². The van der Waals surface area contributed by atoms with E-state index in [0.717, 1.165) is 6.08 Å². The maximum Gasteiger partial charge on any atom is 0.298 e. The number of aromatic nitrogens is 2. The van der Waals surface area contributed by atoms with Crippen LogP contribution in [0.15, 0.2) is 36.5 Å². The molecule has 0 fully saturated rings. The zero-order valence-electron chi connectivity index (χ0n) is 15.0. The number of halogens is 1. The van der Waals surface area contributed by atoms with Crippen LogP contribution in [0.1, 0.15) is 19.5 Å². The predicted molar refractivity (Wildman–Crippen MR) is 101 cm³/mol. The van der Waals surface area contributed by atoms with Gasteiger partial charge in [-0.3, -0.25) is 9.78 Å². The molecule has 0 radical (unpaired) electrons. The first-order valence-electron chi connectivity index (χ1n) is 7.95. The number of nitrogens with one attached hydrogen (secondary N) is 1. The number of anilines is 1. The molecule has 1 aromatic heterocycles. The van der Waals surface area contributed by atoms with Crippen LogP contribution in [0.2, 0.25) is 0 Å². The SMILES string of the molecule is CC(C)N(C)c1nc(/C=C/C(=O)NS(N)(=O)=O)cnc1-c1ccc(F)cc1. The van der Waals surface area contributed by atoms with Gasteiger partial charge in [0.1, 0.15) is 11.5 Å². The fourth-order valence-electron chi connectivity index (χ4n) is 2.11. The van der Waals surface area contributed by atoms with Gasteiger partial charge < -0.3 is 4.90 Å². The quantitative estimate of drug-likeness (QED) is 0.718. The third-order valence-corrected chi connectivity index (χ3v) is 4.13. The van der Waals surface area contributed by atoms with Crippen molar-refractivity contribution in [3.8, 4) is 11.3 Å². The maximum absolute atomic E-state index is 13.2. The first kappa shape index (κ1) is 20.5. The number of amides is 1. The first-order chi connectivity index (χ1) is 12.6. The first-order valence-corrected chi connectivity index (χ1v) is 9.50. The second-order valence-electron chi connectivity index (χ2n) is 6.02. The Morgan fingerprint density at radius 1 is 1.30 bits per heavy atom. The van der Waals surface area contributed by atoms with E-state index in [9.17, 15) is 17.6 Å². The summed E-state index contributed by atoms with van der Waals surface area (Å²) in [5.41, 5.74) is 1.58. The van der Waals surface area contributed by atoms with Gasteiger partial charge in [-0.2, -0.15) is 8.42 Å². The van der Waals surface area contributed by atoms with E-state index in [4.69, 9.17) is 5.14 Å². The zero-order valence-corrected chi connectivity index (χ0v) is 15.9. The molecule has 144 valence electrons. The number of hydrogen-bond donors (Lipinski definition) is 2. The normalized spacial score (nSPS) is 11.8. The average Bonchev–Trinajstić information content (AvgIpc) is 2.58. The van der Waals surface area contributed by atoms with Crippen molar-refractivity contribution >= 4 is 28.0 Å². The lowest BCUT2D eigenvalue weighted by Gasteiger charge is -2.24. The van der Waals surface area contributed by atoms with E-state index in [1.807, 2.05) is 25.8 Å². The van der Waals surface area contributed by atoms with Crippen molar-refractivity contribution in [2.45, 2.75) is 19.9 Å². The largest absolute Gasteiger partial charge is 0.355 e. The van der Waals surface area contributed by atoms with Gasteiger partial charge in [-0.15, -0.1) is 0 Å². The second-order valence-corrected chi connectivity index (χ2v) is 7.32. The van der Waals surface area contributed by atoms with Gasteiger partial charge in [0.25, 0.3) is 16.1 Å². The number of carbonyl (C=O) groups is 1. The Hall–Kier alpha value is -2.85. The monoisotopic (exact) mass is 393 g/mol. The van der Waals surface area contributed by atoms with Crippen molar-refractivity contribution in [2.75, 3.05) is 11.9 Å². The molecule has 8 nitrogen and oxygen atoms in total. The molecule has 0 aliphatic heterocycles. The summed E-state index contributed by atoms with van der Waals surface area (Å²) >= 11 is 0. The Balaban J connectivity index is 2.41. The van der Waals surface area contributed by atoms with Crippen LogP contribution in [0.4, 0.5) is 10.2 Å². The third kappa shape index (κ3) is 5.83. The molecule has 0 saturated heterocycles. The molecule has 2 aromatic rings. The molecule has 1 amide bonds. The zero-order chi connectivity index (χ0) is 20.2. The van der Waals surface area contributed by atoms with Gasteiger partial charge in [-0.25, -0.2) is 19.2 Å². The predicted octanol–water partition coefficient (Wildman–Crippen LogP) is 1.46. The van der Waals surface area contributed by atoms with Crippen molar-refractivity contribution in [3.63, 3.8) is 0 Å². The molecule has 0 unspecified atom stereocenters. The van der Waals surface area contributed by atoms with Gasteiger partial charge in [-0.1, -0.05) is 0 Å². The molecule has 0 aliphatic carbocycles. The number of nitrogens with two attached hydrogens (primary N) is 1. The van der Waals surface area contributed by atoms with Crippen LogP contribution in [0.5, 0.6) is 0 Å². The lowest BCUT2D eigenvalue weighted by molar-refractivity contribution is -0.114. The summed E-state index contributed by atoms with van der Waals surface area (Å²) in [6.07, 6.45) is 3.74. The van der Waals surface area contributed by atoms with Gasteiger partial charge in [0.2, 0.25) is 0 Å². The molecule has 0 bridgehead atoms. The number of nitrogens with zero attached hydrogens (tertiary/aromatic N) is 3. The average molecular weight is 393 g/mol. The molecule has 0 spiro atoms. The van der Waals surface area contributed by atoms with Crippen LogP contribution in [-0.2, 0) is 15.0 Å². The maximum atomic E-state index is 13.2. The number of benzene rings is 1. The van der Waals surface area contributed by atoms with E-state index >= 15 is 0 Å². The van der Waals surface area contributed by atoms with E-state index in [2.05, 4.69) is 9.97 Å². The van der Waals surface area contributed by atoms with Crippen molar-refractivity contribution in [3.05, 3.63) is 48.0 Å². The summed E-state index contributed by atoms with van der Waals surface area (Å²) in [6, 6.07) is 5.98. The summed E-state index contributed by atoms with van der Waals surface area (Å²) < 4.78 is 36.5. The van der Waals surface area contributed by atoms with E-state index in [-0.39, 0.29) is 11.9 Å². The Morgan fingerprint density at radius 2 is 1.93 bits per heavy atom. The van der Waals surface area contributed by atoms with Crippen LogP contribution in [0.25, 0.3) is 17.3 Å². The minimum atomic E-state index is -4.13. The van der Waals surface area contributed by atoms with Crippen molar-refractivity contribution in [1.29, 1.82) is 0 Å². The molecule has 0 aliphatic rings. The highest BCUT2D eigenvalue weighted by molar-refractivity contribution is 7.87. The molecule has 1 heterocycles. The molecule has 3 N–H and O–H groups in total. The van der Waals surface area contributed by atoms with E-state index in [1.165, 1.54) is 24.4 Å². The van der Waals surface area contributed by atoms with Crippen LogP contribution < -0.4 is 14.8 Å². The highest BCUT2D eigenvalue weighted by atomic mass is 32.2. The molecule has 27 heavy (non-hydrogen) atoms. The molecule has 10 heteroatoms. The van der Waals surface area contributed by atoms with E-state index < -0.39 is 16.1 Å². The molecular formula is C17H20FN5O3S. The molecule has 2 rings (SSSR count). The minimum absolute atomic E-state index is 0.100. The summed E-state index contributed by atoms with van der Waals surface area (Å²) in [5, 5.41) is 4.74. The number of carbonyl (C=O) groups excluding carboxylic acids is 1. The summed E-state index contributed by atoms with van der Waals surface area (Å²) in [4.78, 5) is 22.3. The number of hydrogen-bond acceptors (Lipinski definition) is 6. The topological polar surface area (TPSA) is 118 Å². The van der Waals surface area contributed by atoms with Crippen LogP contribution in [0, 0.1) is 5.82 Å². The third-order valence-electron chi connectivity index (χ3n) is 3.65. The van der Waals surface area contributed by atoms with Gasteiger partial charge in [-0.05, 0) is 44.2 Å². The van der Waals surface area contributed by atoms with Crippen LogP contribution >= 0.6 is 0 Å². The van der Waals surface area contributed by atoms with Crippen LogP contribution in [0.3, 0.4) is 0 Å². The second kappa shape index (κ2) is 8.23. The van der Waals surface area contributed by atoms with Gasteiger partial charge in [0.05, 0.1) is 11.9 Å². The van der Waals surface area contributed by atoms with E-state index in [0.29, 0.717) is 22.8 Å². The smallest absolute Gasteiger partial charge is 0.298 e. The van der Waals surface area contributed by atoms with Crippen LogP contribution in [-0.4, -0.2) is 37.4 Å². The minimum Gasteiger partial charge on any atom is -0.355 e. The lowest BCUT2D eigenvalue weighted by atomic mass is 10.1. The van der Waals surface area contributed by atoms with Crippen molar-refractivity contribution in [2.24, 2.45) is 5.14 Å². The standard InChI is InChI=1S/C17H20FN5O3S/c1-11(2)23(3)17-16(12-4-6-13(18)7-5-12)20-10-14(21-17)8-9-15(24)22-27(19,25)26/h4-11H,1-3H3,(H,22,24)(H2,19,25,26)/b9-8+. The fourth-order valence-corrected chi connectivity index (χ4v) is 2.46. The highest BCUT2D eigenvalue weighted by Crippen LogP contribution is 2.28. The van der Waals surface area contributed by atoms with Gasteiger partial charge in [0, 0.05) is 24.7 Å². The van der Waals surface area contributed by atoms with Gasteiger partial charge in [0.15, 0.2) is 5.82 Å². The Morgan fingerprint density at radius 3 is 2.48 bits per heavy atom. The number of rotatable bonds is 6. The summed E-state index contributed by atoms with van der Waals surface area (Å²) in [5.74, 6) is -0.725. The molecular weight excluding hydrogens is 373 g/mol.